The lowest BCUT2D eigenvalue weighted by Gasteiger charge is -2.34. The van der Waals surface area contributed by atoms with E-state index in [9.17, 15) is 9.59 Å². The summed E-state index contributed by atoms with van der Waals surface area (Å²) in [7, 11) is 0. The van der Waals surface area contributed by atoms with Gasteiger partial charge in [-0.1, -0.05) is 11.6 Å². The van der Waals surface area contributed by atoms with Gasteiger partial charge in [0, 0.05) is 28.0 Å². The molecule has 3 aliphatic rings. The molecule has 18 heavy (non-hydrogen) atoms. The minimum absolute atomic E-state index is 0.0371. The van der Waals surface area contributed by atoms with Gasteiger partial charge in [0.1, 0.15) is 0 Å². The quantitative estimate of drug-likeness (QED) is 0.717. The standard InChI is InChI=1S/C15H13ClO2/c16-8-2-4-9-12(6-8)14(17)10-3-1-7-5-11(7)13(10)15(9)18/h2,4,6-7,10-11,13H,1,3,5H2. The second-order valence-corrected chi connectivity index (χ2v) is 6.22. The molecule has 1 aromatic carbocycles. The van der Waals surface area contributed by atoms with E-state index in [1.54, 1.807) is 18.2 Å². The van der Waals surface area contributed by atoms with Crippen molar-refractivity contribution in [2.24, 2.45) is 23.7 Å². The van der Waals surface area contributed by atoms with E-state index in [2.05, 4.69) is 0 Å². The molecular formula is C15H13ClO2. The predicted octanol–water partition coefficient (Wildman–Crippen LogP) is 3.38. The van der Waals surface area contributed by atoms with Gasteiger partial charge in [-0.3, -0.25) is 9.59 Å². The number of hydrogen-bond acceptors (Lipinski definition) is 2. The summed E-state index contributed by atoms with van der Waals surface area (Å²) in [5.74, 6) is 1.39. The molecule has 3 heteroatoms. The molecule has 2 fully saturated rings. The van der Waals surface area contributed by atoms with Gasteiger partial charge < -0.3 is 0 Å². The third-order valence-electron chi connectivity index (χ3n) is 4.87. The van der Waals surface area contributed by atoms with Crippen LogP contribution in [0.5, 0.6) is 0 Å². The van der Waals surface area contributed by atoms with Gasteiger partial charge in [0.05, 0.1) is 0 Å². The molecule has 0 spiro atoms. The summed E-state index contributed by atoms with van der Waals surface area (Å²) >= 11 is 5.94. The Hall–Kier alpha value is -1.15. The number of benzene rings is 1. The third-order valence-corrected chi connectivity index (χ3v) is 5.11. The molecule has 4 rings (SSSR count). The number of rotatable bonds is 0. The molecule has 0 aromatic heterocycles. The highest BCUT2D eigenvalue weighted by molar-refractivity contribution is 6.31. The molecule has 0 heterocycles. The lowest BCUT2D eigenvalue weighted by atomic mass is 9.67. The summed E-state index contributed by atoms with van der Waals surface area (Å²) in [4.78, 5) is 25.1. The lowest BCUT2D eigenvalue weighted by Crippen LogP contribution is -2.40. The summed E-state index contributed by atoms with van der Waals surface area (Å²) in [6.45, 7) is 0. The van der Waals surface area contributed by atoms with Gasteiger partial charge in [-0.2, -0.15) is 0 Å². The summed E-state index contributed by atoms with van der Waals surface area (Å²) in [5, 5.41) is 0.536. The predicted molar refractivity (Wildman–Crippen MR) is 67.9 cm³/mol. The van der Waals surface area contributed by atoms with E-state index in [0.717, 1.165) is 19.3 Å². The molecule has 1 aromatic rings. The van der Waals surface area contributed by atoms with E-state index < -0.39 is 0 Å². The average Bonchev–Trinajstić information content (AvgIpc) is 3.14. The van der Waals surface area contributed by atoms with Crippen molar-refractivity contribution in [3.63, 3.8) is 0 Å². The molecule has 0 radical (unpaired) electrons. The molecule has 0 aliphatic heterocycles. The molecular weight excluding hydrogens is 248 g/mol. The molecule has 2 saturated carbocycles. The Morgan fingerprint density at radius 2 is 1.89 bits per heavy atom. The zero-order valence-corrected chi connectivity index (χ0v) is 10.6. The van der Waals surface area contributed by atoms with Gasteiger partial charge in [-0.15, -0.1) is 0 Å². The van der Waals surface area contributed by atoms with Crippen LogP contribution in [0.15, 0.2) is 18.2 Å². The number of halogens is 1. The molecule has 4 unspecified atom stereocenters. The lowest BCUT2D eigenvalue weighted by molar-refractivity contribution is 0.0659. The highest BCUT2D eigenvalue weighted by Crippen LogP contribution is 2.57. The van der Waals surface area contributed by atoms with Crippen molar-refractivity contribution in [2.45, 2.75) is 19.3 Å². The first-order valence-electron chi connectivity index (χ1n) is 6.55. The van der Waals surface area contributed by atoms with Crippen LogP contribution in [0.4, 0.5) is 0 Å². The van der Waals surface area contributed by atoms with E-state index in [4.69, 9.17) is 11.6 Å². The van der Waals surface area contributed by atoms with Crippen LogP contribution in [-0.2, 0) is 0 Å². The Balaban J connectivity index is 1.87. The topological polar surface area (TPSA) is 34.1 Å². The molecule has 0 amide bonds. The zero-order chi connectivity index (χ0) is 12.4. The number of carbonyl (C=O) groups is 2. The smallest absolute Gasteiger partial charge is 0.167 e. The highest BCUT2D eigenvalue weighted by atomic mass is 35.5. The van der Waals surface area contributed by atoms with Crippen molar-refractivity contribution in [2.75, 3.05) is 0 Å². The molecule has 3 aliphatic carbocycles. The van der Waals surface area contributed by atoms with Gasteiger partial charge >= 0.3 is 0 Å². The maximum atomic E-state index is 12.5. The number of ketones is 2. The maximum absolute atomic E-state index is 12.5. The average molecular weight is 261 g/mol. The third kappa shape index (κ3) is 1.30. The van der Waals surface area contributed by atoms with Gasteiger partial charge in [0.2, 0.25) is 0 Å². The van der Waals surface area contributed by atoms with Crippen molar-refractivity contribution in [3.05, 3.63) is 34.3 Å². The Labute approximate surface area is 110 Å². The number of Topliss-reactive ketones (excluding diaryl/α,β-unsaturated/α-hetero) is 2. The summed E-state index contributed by atoms with van der Waals surface area (Å²) in [6.07, 6.45) is 3.13. The first-order valence-corrected chi connectivity index (χ1v) is 6.92. The summed E-state index contributed by atoms with van der Waals surface area (Å²) in [5.41, 5.74) is 1.14. The first kappa shape index (κ1) is 10.7. The fourth-order valence-electron chi connectivity index (χ4n) is 3.90. The van der Waals surface area contributed by atoms with Crippen LogP contribution >= 0.6 is 11.6 Å². The van der Waals surface area contributed by atoms with Crippen LogP contribution in [0.1, 0.15) is 40.0 Å². The van der Waals surface area contributed by atoms with Crippen LogP contribution in [0.25, 0.3) is 0 Å². The molecule has 0 saturated heterocycles. The van der Waals surface area contributed by atoms with Gasteiger partial charge in [-0.25, -0.2) is 0 Å². The van der Waals surface area contributed by atoms with Crippen molar-refractivity contribution >= 4 is 23.2 Å². The molecule has 2 nitrogen and oxygen atoms in total. The molecule has 0 bridgehead atoms. The van der Waals surface area contributed by atoms with Gasteiger partial charge in [0.15, 0.2) is 11.6 Å². The zero-order valence-electron chi connectivity index (χ0n) is 9.86. The Morgan fingerprint density at radius 1 is 1.06 bits per heavy atom. The van der Waals surface area contributed by atoms with Crippen molar-refractivity contribution in [1.82, 2.24) is 0 Å². The van der Waals surface area contributed by atoms with Gasteiger partial charge in [-0.05, 0) is 49.3 Å². The second kappa shape index (κ2) is 3.45. The Bertz CT molecular complexity index is 578. The van der Waals surface area contributed by atoms with Crippen molar-refractivity contribution in [1.29, 1.82) is 0 Å². The highest BCUT2D eigenvalue weighted by Gasteiger charge is 2.56. The molecule has 92 valence electrons. The fourth-order valence-corrected chi connectivity index (χ4v) is 4.07. The van der Waals surface area contributed by atoms with Crippen LogP contribution in [0.2, 0.25) is 5.02 Å². The van der Waals surface area contributed by atoms with Gasteiger partial charge in [0.25, 0.3) is 0 Å². The minimum Gasteiger partial charge on any atom is -0.294 e. The summed E-state index contributed by atoms with van der Waals surface area (Å²) < 4.78 is 0. The van der Waals surface area contributed by atoms with Crippen LogP contribution in [0, 0.1) is 23.7 Å². The largest absolute Gasteiger partial charge is 0.294 e. The first-order chi connectivity index (χ1) is 8.66. The van der Waals surface area contributed by atoms with E-state index >= 15 is 0 Å². The van der Waals surface area contributed by atoms with E-state index in [0.29, 0.717) is 28.0 Å². The number of carbonyl (C=O) groups excluding carboxylic acids is 2. The second-order valence-electron chi connectivity index (χ2n) is 5.79. The number of fused-ring (bicyclic) bond motifs is 4. The van der Waals surface area contributed by atoms with E-state index in [-0.39, 0.29) is 23.4 Å². The Kier molecular flexibility index (Phi) is 2.06. The van der Waals surface area contributed by atoms with E-state index in [1.807, 2.05) is 0 Å². The van der Waals surface area contributed by atoms with E-state index in [1.165, 1.54) is 0 Å². The Morgan fingerprint density at radius 3 is 2.72 bits per heavy atom. The van der Waals surface area contributed by atoms with Crippen molar-refractivity contribution < 1.29 is 9.59 Å². The molecule has 0 N–H and O–H groups in total. The normalized spacial score (nSPS) is 36.7. The SMILES string of the molecule is O=C1c2cc(Cl)ccc2C(=O)C2C1CCC1CC12. The van der Waals surface area contributed by atoms with Crippen LogP contribution in [0.3, 0.4) is 0 Å². The monoisotopic (exact) mass is 260 g/mol. The fraction of sp³-hybridized carbons (Fsp3) is 0.467. The van der Waals surface area contributed by atoms with Crippen molar-refractivity contribution in [3.8, 4) is 0 Å². The van der Waals surface area contributed by atoms with Crippen LogP contribution in [-0.4, -0.2) is 11.6 Å². The van der Waals surface area contributed by atoms with Crippen LogP contribution < -0.4 is 0 Å². The minimum atomic E-state index is -0.0767. The maximum Gasteiger partial charge on any atom is 0.167 e. The number of hydrogen-bond donors (Lipinski definition) is 0. The summed E-state index contributed by atoms with van der Waals surface area (Å²) in [6, 6.07) is 5.09. The molecule has 4 atom stereocenters.